The largest absolute Gasteiger partial charge is 0.383 e. The highest BCUT2D eigenvalue weighted by Crippen LogP contribution is 2.32. The molecule has 2 aromatic carbocycles. The number of nitrogens with two attached hydrogens (primary N) is 1. The van der Waals surface area contributed by atoms with Gasteiger partial charge in [0.25, 0.3) is 5.56 Å². The van der Waals surface area contributed by atoms with Gasteiger partial charge >= 0.3 is 5.69 Å². The Balaban J connectivity index is 1.71. The summed E-state index contributed by atoms with van der Waals surface area (Å²) in [5.74, 6) is 0.0816. The number of benzene rings is 2. The molecule has 1 unspecified atom stereocenters. The van der Waals surface area contributed by atoms with Crippen molar-refractivity contribution in [2.24, 2.45) is 5.92 Å². The molecule has 1 aromatic heterocycles. The molecule has 0 radical (unpaired) electrons. The molecule has 0 saturated carbocycles. The van der Waals surface area contributed by atoms with Crippen molar-refractivity contribution in [1.82, 2.24) is 9.55 Å². The second-order valence-electron chi connectivity index (χ2n) is 9.60. The van der Waals surface area contributed by atoms with E-state index in [1.54, 1.807) is 0 Å². The van der Waals surface area contributed by atoms with E-state index in [1.165, 1.54) is 15.0 Å². The van der Waals surface area contributed by atoms with E-state index >= 15 is 0 Å². The van der Waals surface area contributed by atoms with Crippen LogP contribution in [0.2, 0.25) is 0 Å². The number of H-pyrrole nitrogens is 1. The number of carbonyl (C=O) groups excluding carboxylic acids is 1. The highest BCUT2D eigenvalue weighted by molar-refractivity contribution is 5.98. The van der Waals surface area contributed by atoms with Gasteiger partial charge in [-0.05, 0) is 42.9 Å². The summed E-state index contributed by atoms with van der Waals surface area (Å²) >= 11 is 0. The Bertz CT molecular complexity index is 1310. The number of para-hydroxylation sites is 1. The fourth-order valence-corrected chi connectivity index (χ4v) is 4.61. The van der Waals surface area contributed by atoms with Gasteiger partial charge in [-0.25, -0.2) is 4.79 Å². The monoisotopic (exact) mass is 475 g/mol. The van der Waals surface area contributed by atoms with Crippen LogP contribution in [-0.2, 0) is 17.8 Å². The van der Waals surface area contributed by atoms with Gasteiger partial charge < -0.3 is 15.5 Å². The van der Waals surface area contributed by atoms with Crippen LogP contribution in [0, 0.1) is 5.92 Å². The molecule has 0 fully saturated rings. The number of nitrogens with zero attached hydrogens (tertiary/aromatic N) is 3. The normalized spacial score (nSPS) is 14.9. The minimum Gasteiger partial charge on any atom is -0.383 e. The van der Waals surface area contributed by atoms with E-state index in [0.29, 0.717) is 18.9 Å². The van der Waals surface area contributed by atoms with Gasteiger partial charge in [0.15, 0.2) is 5.69 Å². The number of hydrogen-bond acceptors (Lipinski definition) is 5. The van der Waals surface area contributed by atoms with Gasteiger partial charge in [-0.2, -0.15) is 0 Å². The van der Waals surface area contributed by atoms with Crippen molar-refractivity contribution in [2.75, 3.05) is 28.6 Å². The molecule has 1 aliphatic heterocycles. The van der Waals surface area contributed by atoms with E-state index in [9.17, 15) is 14.4 Å². The molecule has 0 spiro atoms. The summed E-state index contributed by atoms with van der Waals surface area (Å²) in [6.07, 6.45) is 1.55. The summed E-state index contributed by atoms with van der Waals surface area (Å²) in [4.78, 5) is 45.3. The lowest BCUT2D eigenvalue weighted by molar-refractivity contribution is -0.117. The van der Waals surface area contributed by atoms with Crippen LogP contribution in [-0.4, -0.2) is 34.6 Å². The molecular formula is C27H33N5O3. The van der Waals surface area contributed by atoms with Gasteiger partial charge in [-0.15, -0.1) is 0 Å². The third kappa shape index (κ3) is 5.16. The van der Waals surface area contributed by atoms with Crippen LogP contribution in [0.5, 0.6) is 0 Å². The Labute approximate surface area is 205 Å². The average Bonchev–Trinajstić information content (AvgIpc) is 3.14. The van der Waals surface area contributed by atoms with E-state index in [-0.39, 0.29) is 36.5 Å². The highest BCUT2D eigenvalue weighted by atomic mass is 16.2. The lowest BCUT2D eigenvalue weighted by Gasteiger charge is -2.30. The zero-order chi connectivity index (χ0) is 25.1. The number of aromatic amines is 1. The molecule has 1 amide bonds. The predicted molar refractivity (Wildman–Crippen MR) is 140 cm³/mol. The summed E-state index contributed by atoms with van der Waals surface area (Å²) in [6.45, 7) is 6.85. The van der Waals surface area contributed by atoms with Gasteiger partial charge in [-0.1, -0.05) is 62.4 Å². The molecule has 184 valence electrons. The number of nitrogens with one attached hydrogen (secondary N) is 1. The van der Waals surface area contributed by atoms with Gasteiger partial charge in [0, 0.05) is 18.3 Å². The maximum atomic E-state index is 13.7. The summed E-state index contributed by atoms with van der Waals surface area (Å²) in [5.41, 5.74) is 8.31. The van der Waals surface area contributed by atoms with E-state index < -0.39 is 11.2 Å². The number of carbonyl (C=O) groups is 1. The van der Waals surface area contributed by atoms with Gasteiger partial charge in [0.05, 0.1) is 13.1 Å². The van der Waals surface area contributed by atoms with Crippen LogP contribution >= 0.6 is 0 Å². The van der Waals surface area contributed by atoms with Gasteiger partial charge in [0.1, 0.15) is 5.82 Å². The number of amides is 1. The predicted octanol–water partition coefficient (Wildman–Crippen LogP) is 3.00. The van der Waals surface area contributed by atoms with Crippen molar-refractivity contribution in [2.45, 2.75) is 46.2 Å². The Kier molecular flexibility index (Phi) is 7.10. The molecule has 4 rings (SSSR count). The number of rotatable bonds is 8. The van der Waals surface area contributed by atoms with Gasteiger partial charge in [-0.3, -0.25) is 19.1 Å². The standard InChI is InChI=1S/C27H33N5O3/c1-18(2)13-14-30(23(33)17-31-19(3)15-21-11-7-8-12-22(21)31)24-25(28)32(27(35)29-26(24)34)16-20-9-5-4-6-10-20/h4-12,18-19H,13-17,28H2,1-3H3,(H,29,34,35). The molecule has 0 saturated heterocycles. The van der Waals surface area contributed by atoms with E-state index in [0.717, 1.165) is 17.7 Å². The first-order valence-electron chi connectivity index (χ1n) is 12.1. The zero-order valence-electron chi connectivity index (χ0n) is 20.5. The first kappa shape index (κ1) is 24.3. The van der Waals surface area contributed by atoms with E-state index in [2.05, 4.69) is 36.7 Å². The van der Waals surface area contributed by atoms with Crippen molar-refractivity contribution < 1.29 is 4.79 Å². The smallest absolute Gasteiger partial charge is 0.330 e. The molecule has 0 bridgehead atoms. The minimum absolute atomic E-state index is 0.00502. The molecule has 8 nitrogen and oxygen atoms in total. The highest BCUT2D eigenvalue weighted by Gasteiger charge is 2.31. The fraction of sp³-hybridized carbons (Fsp3) is 0.370. The molecule has 35 heavy (non-hydrogen) atoms. The SMILES string of the molecule is CC(C)CCN(C(=O)CN1c2ccccc2CC1C)c1c(N)n(Cc2ccccc2)c(=O)[nH]c1=O. The van der Waals surface area contributed by atoms with Crippen molar-refractivity contribution in [3.63, 3.8) is 0 Å². The summed E-state index contributed by atoms with van der Waals surface area (Å²) < 4.78 is 1.31. The van der Waals surface area contributed by atoms with Crippen LogP contribution in [0.1, 0.15) is 38.3 Å². The second-order valence-corrected chi connectivity index (χ2v) is 9.60. The van der Waals surface area contributed by atoms with Gasteiger partial charge in [0.2, 0.25) is 5.91 Å². The quantitative estimate of drug-likeness (QED) is 0.521. The lowest BCUT2D eigenvalue weighted by atomic mass is 10.1. The Hall–Kier alpha value is -3.81. The molecular weight excluding hydrogens is 442 g/mol. The first-order chi connectivity index (χ1) is 16.8. The lowest BCUT2D eigenvalue weighted by Crippen LogP contribution is -2.47. The Morgan fingerprint density at radius 1 is 1.11 bits per heavy atom. The first-order valence-corrected chi connectivity index (χ1v) is 12.1. The van der Waals surface area contributed by atoms with Crippen LogP contribution in [0.4, 0.5) is 17.2 Å². The molecule has 2 heterocycles. The fourth-order valence-electron chi connectivity index (χ4n) is 4.61. The third-order valence-electron chi connectivity index (χ3n) is 6.55. The Morgan fingerprint density at radius 3 is 2.51 bits per heavy atom. The summed E-state index contributed by atoms with van der Waals surface area (Å²) in [7, 11) is 0. The van der Waals surface area contributed by atoms with E-state index in [4.69, 9.17) is 5.73 Å². The van der Waals surface area contributed by atoms with E-state index in [1.807, 2.05) is 48.5 Å². The average molecular weight is 476 g/mol. The Morgan fingerprint density at radius 2 is 1.80 bits per heavy atom. The molecule has 1 atom stereocenters. The third-order valence-corrected chi connectivity index (χ3v) is 6.55. The van der Waals surface area contributed by atoms with Crippen molar-refractivity contribution >= 4 is 23.1 Å². The van der Waals surface area contributed by atoms with Crippen molar-refractivity contribution in [3.05, 3.63) is 86.6 Å². The number of aromatic nitrogens is 2. The van der Waals surface area contributed by atoms with Crippen LogP contribution < -0.4 is 26.8 Å². The topological polar surface area (TPSA) is 104 Å². The molecule has 3 N–H and O–H groups in total. The zero-order valence-corrected chi connectivity index (χ0v) is 20.5. The summed E-state index contributed by atoms with van der Waals surface area (Å²) in [5, 5.41) is 0. The maximum absolute atomic E-state index is 13.7. The number of nitrogen functional groups attached to an aromatic ring is 1. The van der Waals surface area contributed by atoms with Crippen molar-refractivity contribution in [3.8, 4) is 0 Å². The molecule has 1 aliphatic rings. The molecule has 8 heteroatoms. The number of anilines is 3. The maximum Gasteiger partial charge on any atom is 0.330 e. The minimum atomic E-state index is -0.649. The second kappa shape index (κ2) is 10.2. The number of hydrogen-bond donors (Lipinski definition) is 2. The van der Waals surface area contributed by atoms with Crippen LogP contribution in [0.25, 0.3) is 0 Å². The van der Waals surface area contributed by atoms with Crippen LogP contribution in [0.15, 0.2) is 64.2 Å². The summed E-state index contributed by atoms with van der Waals surface area (Å²) in [6, 6.07) is 17.6. The molecule has 0 aliphatic carbocycles. The van der Waals surface area contributed by atoms with Crippen LogP contribution in [0.3, 0.4) is 0 Å². The van der Waals surface area contributed by atoms with Crippen molar-refractivity contribution in [1.29, 1.82) is 0 Å². The number of fused-ring (bicyclic) bond motifs is 1. The molecule has 3 aromatic rings.